The lowest BCUT2D eigenvalue weighted by molar-refractivity contribution is -0.139. The molecule has 0 saturated heterocycles. The summed E-state index contributed by atoms with van der Waals surface area (Å²) in [6.07, 6.45) is 0.162. The van der Waals surface area contributed by atoms with E-state index in [0.29, 0.717) is 22.0 Å². The maximum absolute atomic E-state index is 12.1. The summed E-state index contributed by atoms with van der Waals surface area (Å²) >= 11 is 5.79. The lowest BCUT2D eigenvalue weighted by Gasteiger charge is -2.24. The molecule has 0 saturated carbocycles. The second-order valence-electron chi connectivity index (χ2n) is 5.47. The Morgan fingerprint density at radius 2 is 2.00 bits per heavy atom. The van der Waals surface area contributed by atoms with E-state index >= 15 is 0 Å². The Balaban J connectivity index is 2.01. The number of hydrogen-bond donors (Lipinski definition) is 2. The predicted octanol–water partition coefficient (Wildman–Crippen LogP) is 2.64. The van der Waals surface area contributed by atoms with Crippen LogP contribution in [0.1, 0.15) is 26.7 Å². The van der Waals surface area contributed by atoms with Crippen molar-refractivity contribution in [2.75, 3.05) is 11.9 Å². The molecule has 0 bridgehead atoms. The van der Waals surface area contributed by atoms with Crippen LogP contribution in [0.15, 0.2) is 35.5 Å². The van der Waals surface area contributed by atoms with Crippen LogP contribution in [0.2, 0.25) is 5.02 Å². The molecular formula is C17H19ClN2O4. The van der Waals surface area contributed by atoms with Gasteiger partial charge >= 0.3 is 5.97 Å². The highest BCUT2D eigenvalue weighted by Gasteiger charge is 2.31. The van der Waals surface area contributed by atoms with Gasteiger partial charge in [-0.05, 0) is 44.5 Å². The van der Waals surface area contributed by atoms with Crippen molar-refractivity contribution >= 4 is 35.1 Å². The van der Waals surface area contributed by atoms with Gasteiger partial charge in [-0.1, -0.05) is 11.6 Å². The van der Waals surface area contributed by atoms with Crippen molar-refractivity contribution in [3.05, 3.63) is 40.6 Å². The van der Waals surface area contributed by atoms with Crippen molar-refractivity contribution in [1.29, 1.82) is 0 Å². The normalized spacial score (nSPS) is 17.3. The largest absolute Gasteiger partial charge is 0.463 e. The molecule has 2 rings (SSSR count). The molecule has 2 N–H and O–H groups in total. The number of carbonyl (C=O) groups excluding carboxylic acids is 3. The minimum Gasteiger partial charge on any atom is -0.463 e. The average molecular weight is 351 g/mol. The molecule has 0 radical (unpaired) electrons. The van der Waals surface area contributed by atoms with E-state index in [9.17, 15) is 14.4 Å². The first kappa shape index (κ1) is 18.0. The highest BCUT2D eigenvalue weighted by atomic mass is 35.5. The number of esters is 1. The summed E-state index contributed by atoms with van der Waals surface area (Å²) in [6, 6.07) is 6.68. The SMILES string of the molecule is CCOC(=O)C1=C(C)NC(=O)C(CC(=O)Nc2ccc(Cl)cc2)C1. The van der Waals surface area contributed by atoms with Crippen molar-refractivity contribution in [2.45, 2.75) is 26.7 Å². The molecule has 1 heterocycles. The third kappa shape index (κ3) is 4.58. The molecular weight excluding hydrogens is 332 g/mol. The maximum atomic E-state index is 12.1. The van der Waals surface area contributed by atoms with Gasteiger partial charge in [-0.25, -0.2) is 4.79 Å². The van der Waals surface area contributed by atoms with Gasteiger partial charge < -0.3 is 15.4 Å². The molecule has 0 fully saturated rings. The van der Waals surface area contributed by atoms with Crippen LogP contribution in [0.5, 0.6) is 0 Å². The number of ether oxygens (including phenoxy) is 1. The van der Waals surface area contributed by atoms with Crippen LogP contribution in [0.4, 0.5) is 5.69 Å². The zero-order chi connectivity index (χ0) is 17.7. The number of allylic oxidation sites excluding steroid dienone is 1. The Labute approximate surface area is 145 Å². The summed E-state index contributed by atoms with van der Waals surface area (Å²) in [6.45, 7) is 3.62. The van der Waals surface area contributed by atoms with Crippen molar-refractivity contribution in [1.82, 2.24) is 5.32 Å². The Hall–Kier alpha value is -2.34. The minimum absolute atomic E-state index is 0.0232. The number of anilines is 1. The molecule has 1 aromatic rings. The van der Waals surface area contributed by atoms with E-state index in [1.165, 1.54) is 0 Å². The Morgan fingerprint density at radius 1 is 1.33 bits per heavy atom. The standard InChI is InChI=1S/C17H19ClN2O4/c1-3-24-17(23)14-8-11(16(22)19-10(14)2)9-15(21)20-13-6-4-12(18)5-7-13/h4-7,11H,3,8-9H2,1-2H3,(H,19,22)(H,20,21). The van der Waals surface area contributed by atoms with E-state index in [2.05, 4.69) is 10.6 Å². The number of carbonyl (C=O) groups is 3. The van der Waals surface area contributed by atoms with Gasteiger partial charge in [0.1, 0.15) is 0 Å². The summed E-state index contributed by atoms with van der Waals surface area (Å²) in [5.41, 5.74) is 1.48. The molecule has 1 aliphatic heterocycles. The van der Waals surface area contributed by atoms with Crippen LogP contribution in [0.25, 0.3) is 0 Å². The molecule has 128 valence electrons. The van der Waals surface area contributed by atoms with E-state index in [-0.39, 0.29) is 31.3 Å². The topological polar surface area (TPSA) is 84.5 Å². The van der Waals surface area contributed by atoms with Crippen molar-refractivity contribution < 1.29 is 19.1 Å². The first-order chi connectivity index (χ1) is 11.4. The van der Waals surface area contributed by atoms with Gasteiger partial charge in [0.15, 0.2) is 0 Å². The number of halogens is 1. The number of rotatable bonds is 5. The fourth-order valence-corrected chi connectivity index (χ4v) is 2.57. The fourth-order valence-electron chi connectivity index (χ4n) is 2.44. The molecule has 1 unspecified atom stereocenters. The van der Waals surface area contributed by atoms with Gasteiger partial charge in [0, 0.05) is 22.8 Å². The summed E-state index contributed by atoms with van der Waals surface area (Å²) < 4.78 is 4.99. The molecule has 0 aliphatic carbocycles. The molecule has 2 amide bonds. The molecule has 0 aromatic heterocycles. The fraction of sp³-hybridized carbons (Fsp3) is 0.353. The van der Waals surface area contributed by atoms with Gasteiger partial charge in [0.25, 0.3) is 0 Å². The number of nitrogens with one attached hydrogen (secondary N) is 2. The van der Waals surface area contributed by atoms with Crippen LogP contribution in [0, 0.1) is 5.92 Å². The molecule has 7 heteroatoms. The Morgan fingerprint density at radius 3 is 2.62 bits per heavy atom. The van der Waals surface area contributed by atoms with E-state index < -0.39 is 11.9 Å². The number of amides is 2. The van der Waals surface area contributed by atoms with Crippen molar-refractivity contribution in [3.63, 3.8) is 0 Å². The molecule has 1 aromatic carbocycles. The number of benzene rings is 1. The first-order valence-electron chi connectivity index (χ1n) is 7.63. The zero-order valence-corrected chi connectivity index (χ0v) is 14.3. The third-order valence-electron chi connectivity index (χ3n) is 3.67. The molecule has 6 nitrogen and oxygen atoms in total. The van der Waals surface area contributed by atoms with Gasteiger partial charge in [-0.2, -0.15) is 0 Å². The smallest absolute Gasteiger partial charge is 0.335 e. The van der Waals surface area contributed by atoms with Gasteiger partial charge in [-0.15, -0.1) is 0 Å². The summed E-state index contributed by atoms with van der Waals surface area (Å²) in [5, 5.41) is 5.91. The van der Waals surface area contributed by atoms with E-state index in [1.54, 1.807) is 38.1 Å². The van der Waals surface area contributed by atoms with Crippen LogP contribution in [-0.4, -0.2) is 24.4 Å². The Bertz CT molecular complexity index is 682. The van der Waals surface area contributed by atoms with E-state index in [0.717, 1.165) is 0 Å². The van der Waals surface area contributed by atoms with Gasteiger partial charge in [-0.3, -0.25) is 9.59 Å². The molecule has 1 atom stereocenters. The lowest BCUT2D eigenvalue weighted by Crippen LogP contribution is -2.38. The second kappa shape index (κ2) is 7.97. The molecule has 1 aliphatic rings. The highest BCUT2D eigenvalue weighted by molar-refractivity contribution is 6.30. The van der Waals surface area contributed by atoms with Crippen molar-refractivity contribution in [2.24, 2.45) is 5.92 Å². The van der Waals surface area contributed by atoms with Crippen LogP contribution >= 0.6 is 11.6 Å². The lowest BCUT2D eigenvalue weighted by atomic mass is 9.90. The molecule has 24 heavy (non-hydrogen) atoms. The van der Waals surface area contributed by atoms with Crippen molar-refractivity contribution in [3.8, 4) is 0 Å². The molecule has 0 spiro atoms. The van der Waals surface area contributed by atoms with Crippen LogP contribution in [-0.2, 0) is 19.1 Å². The van der Waals surface area contributed by atoms with E-state index in [4.69, 9.17) is 16.3 Å². The Kier molecular flexibility index (Phi) is 5.98. The second-order valence-corrected chi connectivity index (χ2v) is 5.91. The summed E-state index contributed by atoms with van der Waals surface area (Å²) in [7, 11) is 0. The highest BCUT2D eigenvalue weighted by Crippen LogP contribution is 2.25. The average Bonchev–Trinajstić information content (AvgIpc) is 2.52. The summed E-state index contributed by atoms with van der Waals surface area (Å²) in [5.74, 6) is -1.65. The number of hydrogen-bond acceptors (Lipinski definition) is 4. The van der Waals surface area contributed by atoms with Crippen LogP contribution in [0.3, 0.4) is 0 Å². The van der Waals surface area contributed by atoms with Gasteiger partial charge in [0.05, 0.1) is 18.1 Å². The third-order valence-corrected chi connectivity index (χ3v) is 3.92. The van der Waals surface area contributed by atoms with Gasteiger partial charge in [0.2, 0.25) is 11.8 Å². The monoisotopic (exact) mass is 350 g/mol. The maximum Gasteiger partial charge on any atom is 0.335 e. The van der Waals surface area contributed by atoms with E-state index in [1.807, 2.05) is 0 Å². The summed E-state index contributed by atoms with van der Waals surface area (Å²) in [4.78, 5) is 36.1. The quantitative estimate of drug-likeness (QED) is 0.799. The van der Waals surface area contributed by atoms with Crippen LogP contribution < -0.4 is 10.6 Å². The zero-order valence-electron chi connectivity index (χ0n) is 13.5. The predicted molar refractivity (Wildman–Crippen MR) is 90.3 cm³/mol. The first-order valence-corrected chi connectivity index (χ1v) is 8.01. The minimum atomic E-state index is -0.611.